The van der Waals surface area contributed by atoms with Gasteiger partial charge >= 0.3 is 5.97 Å². The Balaban J connectivity index is 2.48. The van der Waals surface area contributed by atoms with Crippen LogP contribution in [0.15, 0.2) is 11.6 Å². The molecule has 0 aromatic rings. The summed E-state index contributed by atoms with van der Waals surface area (Å²) < 4.78 is 0. The van der Waals surface area contributed by atoms with Crippen LogP contribution in [0.2, 0.25) is 0 Å². The van der Waals surface area contributed by atoms with Crippen molar-refractivity contribution in [2.24, 2.45) is 0 Å². The third-order valence-corrected chi connectivity index (χ3v) is 3.07. The number of likely N-dealkylation sites (N-methyl/N-ethyl adjacent to an activating group) is 1. The lowest BCUT2D eigenvalue weighted by Crippen LogP contribution is -2.34. The molecular formula is C12H21NO2. The molecule has 0 saturated heterocycles. The first-order chi connectivity index (χ1) is 7.13. The second kappa shape index (κ2) is 5.91. The van der Waals surface area contributed by atoms with Gasteiger partial charge in [-0.3, -0.25) is 4.90 Å². The van der Waals surface area contributed by atoms with E-state index in [-0.39, 0.29) is 0 Å². The van der Waals surface area contributed by atoms with Gasteiger partial charge in [0, 0.05) is 18.7 Å². The van der Waals surface area contributed by atoms with Gasteiger partial charge in [-0.2, -0.15) is 0 Å². The number of rotatable bonds is 5. The summed E-state index contributed by atoms with van der Waals surface area (Å²) in [7, 11) is 0. The van der Waals surface area contributed by atoms with E-state index in [0.29, 0.717) is 6.04 Å². The zero-order valence-corrected chi connectivity index (χ0v) is 9.70. The summed E-state index contributed by atoms with van der Waals surface area (Å²) in [6.07, 6.45) is 6.51. The summed E-state index contributed by atoms with van der Waals surface area (Å²) in [6.45, 7) is 5.85. The Morgan fingerprint density at radius 2 is 2.07 bits per heavy atom. The van der Waals surface area contributed by atoms with Crippen LogP contribution in [-0.2, 0) is 4.79 Å². The minimum atomic E-state index is -0.838. The molecule has 1 N–H and O–H groups in total. The van der Waals surface area contributed by atoms with Gasteiger partial charge in [-0.1, -0.05) is 25.3 Å². The number of carboxylic acid groups (broad SMARTS) is 1. The number of nitrogens with zero attached hydrogens (tertiary/aromatic N) is 1. The van der Waals surface area contributed by atoms with E-state index in [2.05, 4.69) is 11.8 Å². The molecule has 3 nitrogen and oxygen atoms in total. The van der Waals surface area contributed by atoms with Gasteiger partial charge in [0.05, 0.1) is 0 Å². The van der Waals surface area contributed by atoms with E-state index in [1.54, 1.807) is 0 Å². The maximum atomic E-state index is 10.5. The van der Waals surface area contributed by atoms with Crippen LogP contribution >= 0.6 is 0 Å². The molecule has 0 spiro atoms. The van der Waals surface area contributed by atoms with Gasteiger partial charge < -0.3 is 5.11 Å². The lowest BCUT2D eigenvalue weighted by Gasteiger charge is -2.27. The standard InChI is InChI=1S/C12H21NO2/c1-3-13(11-6-4-5-7-11)9-10(2)8-12(14)15/h8,11H,3-7,9H2,1-2H3,(H,14,15). The van der Waals surface area contributed by atoms with E-state index < -0.39 is 5.97 Å². The molecule has 0 bridgehead atoms. The van der Waals surface area contributed by atoms with Crippen molar-refractivity contribution in [2.45, 2.75) is 45.6 Å². The smallest absolute Gasteiger partial charge is 0.328 e. The Kier molecular flexibility index (Phi) is 4.82. The highest BCUT2D eigenvalue weighted by Crippen LogP contribution is 2.23. The van der Waals surface area contributed by atoms with E-state index in [1.165, 1.54) is 31.8 Å². The van der Waals surface area contributed by atoms with Gasteiger partial charge in [-0.05, 0) is 26.3 Å². The van der Waals surface area contributed by atoms with Crippen molar-refractivity contribution in [1.82, 2.24) is 4.90 Å². The quantitative estimate of drug-likeness (QED) is 0.709. The SMILES string of the molecule is CCN(CC(C)=CC(=O)O)C1CCCC1. The fourth-order valence-electron chi connectivity index (χ4n) is 2.35. The average Bonchev–Trinajstić information content (AvgIpc) is 2.65. The van der Waals surface area contributed by atoms with Crippen LogP contribution in [0.3, 0.4) is 0 Å². The Hall–Kier alpha value is -0.830. The van der Waals surface area contributed by atoms with Gasteiger partial charge in [-0.25, -0.2) is 4.79 Å². The predicted octanol–water partition coefficient (Wildman–Crippen LogP) is 2.28. The number of hydrogen-bond acceptors (Lipinski definition) is 2. The zero-order chi connectivity index (χ0) is 11.3. The molecule has 0 radical (unpaired) electrons. The highest BCUT2D eigenvalue weighted by molar-refractivity contribution is 5.80. The summed E-state index contributed by atoms with van der Waals surface area (Å²) >= 11 is 0. The molecule has 15 heavy (non-hydrogen) atoms. The van der Waals surface area contributed by atoms with Gasteiger partial charge in [0.1, 0.15) is 0 Å². The topological polar surface area (TPSA) is 40.5 Å². The van der Waals surface area contributed by atoms with Crippen LogP contribution in [0.25, 0.3) is 0 Å². The van der Waals surface area contributed by atoms with Crippen molar-refractivity contribution in [3.63, 3.8) is 0 Å². The third-order valence-electron chi connectivity index (χ3n) is 3.07. The van der Waals surface area contributed by atoms with Crippen LogP contribution in [-0.4, -0.2) is 35.1 Å². The number of carboxylic acids is 1. The third kappa shape index (κ3) is 4.04. The fraction of sp³-hybridized carbons (Fsp3) is 0.750. The largest absolute Gasteiger partial charge is 0.478 e. The number of hydrogen-bond donors (Lipinski definition) is 1. The minimum Gasteiger partial charge on any atom is -0.478 e. The molecule has 1 rings (SSSR count). The normalized spacial score (nSPS) is 18.7. The molecule has 0 amide bonds. The first-order valence-electron chi connectivity index (χ1n) is 5.77. The summed E-state index contributed by atoms with van der Waals surface area (Å²) in [5.41, 5.74) is 0.941. The van der Waals surface area contributed by atoms with Crippen LogP contribution in [0.1, 0.15) is 39.5 Å². The highest BCUT2D eigenvalue weighted by atomic mass is 16.4. The summed E-state index contributed by atoms with van der Waals surface area (Å²) in [4.78, 5) is 12.9. The first kappa shape index (κ1) is 12.2. The predicted molar refractivity (Wildman–Crippen MR) is 60.9 cm³/mol. The molecule has 1 aliphatic carbocycles. The van der Waals surface area contributed by atoms with Crippen molar-refractivity contribution >= 4 is 5.97 Å². The maximum absolute atomic E-state index is 10.5. The molecule has 1 saturated carbocycles. The maximum Gasteiger partial charge on any atom is 0.328 e. The summed E-state index contributed by atoms with van der Waals surface area (Å²) in [5, 5.41) is 8.64. The van der Waals surface area contributed by atoms with Crippen LogP contribution in [0.5, 0.6) is 0 Å². The van der Waals surface area contributed by atoms with Crippen molar-refractivity contribution in [3.05, 3.63) is 11.6 Å². The second-order valence-corrected chi connectivity index (χ2v) is 4.33. The molecule has 0 unspecified atom stereocenters. The number of carbonyl (C=O) groups is 1. The van der Waals surface area contributed by atoms with Gasteiger partial charge in [-0.15, -0.1) is 0 Å². The summed E-state index contributed by atoms with van der Waals surface area (Å²) in [5.74, 6) is -0.838. The van der Waals surface area contributed by atoms with E-state index in [9.17, 15) is 4.79 Å². The van der Waals surface area contributed by atoms with Crippen LogP contribution in [0, 0.1) is 0 Å². The Morgan fingerprint density at radius 3 is 2.53 bits per heavy atom. The highest BCUT2D eigenvalue weighted by Gasteiger charge is 2.21. The number of aliphatic carboxylic acids is 1. The Labute approximate surface area is 91.8 Å². The minimum absolute atomic E-state index is 0.673. The molecule has 0 aromatic carbocycles. The fourth-order valence-corrected chi connectivity index (χ4v) is 2.35. The second-order valence-electron chi connectivity index (χ2n) is 4.33. The lowest BCUT2D eigenvalue weighted by molar-refractivity contribution is -0.131. The lowest BCUT2D eigenvalue weighted by atomic mass is 10.1. The molecule has 3 heteroatoms. The van der Waals surface area contributed by atoms with E-state index in [4.69, 9.17) is 5.11 Å². The van der Waals surface area contributed by atoms with E-state index >= 15 is 0 Å². The zero-order valence-electron chi connectivity index (χ0n) is 9.70. The van der Waals surface area contributed by atoms with Crippen molar-refractivity contribution in [3.8, 4) is 0 Å². The Morgan fingerprint density at radius 1 is 1.47 bits per heavy atom. The first-order valence-corrected chi connectivity index (χ1v) is 5.77. The monoisotopic (exact) mass is 211 g/mol. The Bertz CT molecular complexity index is 242. The summed E-state index contributed by atoms with van der Waals surface area (Å²) in [6, 6.07) is 0.673. The van der Waals surface area contributed by atoms with E-state index in [0.717, 1.165) is 18.7 Å². The molecule has 0 atom stereocenters. The van der Waals surface area contributed by atoms with Crippen molar-refractivity contribution in [2.75, 3.05) is 13.1 Å². The van der Waals surface area contributed by atoms with Crippen molar-refractivity contribution in [1.29, 1.82) is 0 Å². The van der Waals surface area contributed by atoms with E-state index in [1.807, 2.05) is 6.92 Å². The molecule has 0 aromatic heterocycles. The molecule has 1 fully saturated rings. The molecular weight excluding hydrogens is 190 g/mol. The molecule has 1 aliphatic rings. The average molecular weight is 211 g/mol. The van der Waals surface area contributed by atoms with Gasteiger partial charge in [0.15, 0.2) is 0 Å². The van der Waals surface area contributed by atoms with Crippen LogP contribution < -0.4 is 0 Å². The van der Waals surface area contributed by atoms with Crippen LogP contribution in [0.4, 0.5) is 0 Å². The molecule has 86 valence electrons. The van der Waals surface area contributed by atoms with Crippen molar-refractivity contribution < 1.29 is 9.90 Å². The molecule has 0 heterocycles. The molecule has 0 aliphatic heterocycles. The van der Waals surface area contributed by atoms with Gasteiger partial charge in [0.2, 0.25) is 0 Å². The van der Waals surface area contributed by atoms with Gasteiger partial charge in [0.25, 0.3) is 0 Å².